The maximum atomic E-state index is 12.8. The second-order valence-corrected chi connectivity index (χ2v) is 8.94. The highest BCUT2D eigenvalue weighted by molar-refractivity contribution is 7.99. The van der Waals surface area contributed by atoms with Gasteiger partial charge in [0.25, 0.3) is 5.91 Å². The van der Waals surface area contributed by atoms with E-state index in [-0.39, 0.29) is 5.91 Å². The lowest BCUT2D eigenvalue weighted by atomic mass is 10.1. The van der Waals surface area contributed by atoms with Gasteiger partial charge < -0.3 is 16.0 Å². The lowest BCUT2D eigenvalue weighted by Crippen LogP contribution is -2.30. The van der Waals surface area contributed by atoms with Crippen LogP contribution < -0.4 is 16.0 Å². The van der Waals surface area contributed by atoms with E-state index in [0.29, 0.717) is 22.1 Å². The molecule has 148 valence electrons. The molecule has 0 unspecified atom stereocenters. The van der Waals surface area contributed by atoms with Crippen molar-refractivity contribution in [2.45, 2.75) is 43.3 Å². The number of carbonyl (C=O) groups is 2. The molecule has 3 rings (SSSR count). The standard InChI is InChI=1S/C22H27N3O2S/c1-15(2)28-18-9-6-16(7-10-18)22(27)24-19-14-17(21(23)26)8-11-20(19)25-12-4-3-5-13-25/h6-11,14-15H,3-5,12-13H2,1-2H3,(H2,23,26)(H,24,27). The van der Waals surface area contributed by atoms with Crippen molar-refractivity contribution in [3.05, 3.63) is 53.6 Å². The second kappa shape index (κ2) is 9.15. The fourth-order valence-corrected chi connectivity index (χ4v) is 4.19. The number of nitrogens with two attached hydrogens (primary N) is 1. The van der Waals surface area contributed by atoms with E-state index in [9.17, 15) is 9.59 Å². The largest absolute Gasteiger partial charge is 0.370 e. The van der Waals surface area contributed by atoms with Gasteiger partial charge in [-0.1, -0.05) is 13.8 Å². The predicted octanol–water partition coefficient (Wildman–Crippen LogP) is 4.53. The van der Waals surface area contributed by atoms with E-state index in [4.69, 9.17) is 5.73 Å². The molecule has 0 atom stereocenters. The molecule has 1 fully saturated rings. The summed E-state index contributed by atoms with van der Waals surface area (Å²) in [4.78, 5) is 27.8. The molecular weight excluding hydrogens is 370 g/mol. The Morgan fingerprint density at radius 3 is 2.25 bits per heavy atom. The van der Waals surface area contributed by atoms with Crippen LogP contribution in [0.5, 0.6) is 0 Å². The number of primary amides is 1. The van der Waals surface area contributed by atoms with Crippen LogP contribution in [0, 0.1) is 0 Å². The van der Waals surface area contributed by atoms with Gasteiger partial charge in [-0.15, -0.1) is 11.8 Å². The van der Waals surface area contributed by atoms with Crippen LogP contribution in [0.15, 0.2) is 47.4 Å². The van der Waals surface area contributed by atoms with Crippen LogP contribution in [0.25, 0.3) is 0 Å². The molecule has 28 heavy (non-hydrogen) atoms. The molecule has 0 saturated carbocycles. The zero-order valence-corrected chi connectivity index (χ0v) is 17.2. The summed E-state index contributed by atoms with van der Waals surface area (Å²) in [7, 11) is 0. The van der Waals surface area contributed by atoms with E-state index in [0.717, 1.165) is 36.5 Å². The van der Waals surface area contributed by atoms with Crippen molar-refractivity contribution in [1.82, 2.24) is 0 Å². The molecular formula is C22H27N3O2S. The molecule has 2 aromatic rings. The van der Waals surface area contributed by atoms with E-state index >= 15 is 0 Å². The van der Waals surface area contributed by atoms with Crippen LogP contribution in [0.4, 0.5) is 11.4 Å². The number of thioether (sulfide) groups is 1. The predicted molar refractivity (Wildman–Crippen MR) is 116 cm³/mol. The molecule has 2 amide bonds. The van der Waals surface area contributed by atoms with Gasteiger partial charge in [0.15, 0.2) is 0 Å². The molecule has 0 aromatic heterocycles. The first-order chi connectivity index (χ1) is 13.4. The van der Waals surface area contributed by atoms with Crippen LogP contribution >= 0.6 is 11.8 Å². The summed E-state index contributed by atoms with van der Waals surface area (Å²) in [5.41, 5.74) is 7.98. The van der Waals surface area contributed by atoms with Crippen LogP contribution in [0.2, 0.25) is 0 Å². The Balaban J connectivity index is 1.83. The number of nitrogens with one attached hydrogen (secondary N) is 1. The van der Waals surface area contributed by atoms with E-state index in [1.54, 1.807) is 23.9 Å². The summed E-state index contributed by atoms with van der Waals surface area (Å²) in [5.74, 6) is -0.697. The molecule has 0 spiro atoms. The highest BCUT2D eigenvalue weighted by atomic mass is 32.2. The topological polar surface area (TPSA) is 75.4 Å². The Labute approximate surface area is 170 Å². The van der Waals surface area contributed by atoms with E-state index < -0.39 is 5.91 Å². The summed E-state index contributed by atoms with van der Waals surface area (Å²) in [6.07, 6.45) is 3.47. The molecule has 1 heterocycles. The number of nitrogens with zero attached hydrogens (tertiary/aromatic N) is 1. The molecule has 1 aliphatic heterocycles. The number of rotatable bonds is 6. The highest BCUT2D eigenvalue weighted by Gasteiger charge is 2.18. The lowest BCUT2D eigenvalue weighted by Gasteiger charge is -2.30. The quantitative estimate of drug-likeness (QED) is 0.702. The summed E-state index contributed by atoms with van der Waals surface area (Å²) in [5, 5.41) is 3.47. The van der Waals surface area contributed by atoms with E-state index in [2.05, 4.69) is 24.1 Å². The molecule has 3 N–H and O–H groups in total. The second-order valence-electron chi connectivity index (χ2n) is 7.29. The smallest absolute Gasteiger partial charge is 0.255 e. The van der Waals surface area contributed by atoms with Crippen LogP contribution in [0.1, 0.15) is 53.8 Å². The SMILES string of the molecule is CC(C)Sc1ccc(C(=O)Nc2cc(C(N)=O)ccc2N2CCCCC2)cc1. The van der Waals surface area contributed by atoms with Crippen molar-refractivity contribution in [2.75, 3.05) is 23.3 Å². The Kier molecular flexibility index (Phi) is 6.62. The third kappa shape index (κ3) is 5.07. The number of hydrogen-bond acceptors (Lipinski definition) is 4. The fraction of sp³-hybridized carbons (Fsp3) is 0.364. The first-order valence-corrected chi connectivity index (χ1v) is 10.6. The molecule has 5 nitrogen and oxygen atoms in total. The average molecular weight is 398 g/mol. The maximum absolute atomic E-state index is 12.8. The van der Waals surface area contributed by atoms with Crippen LogP contribution in [-0.2, 0) is 0 Å². The van der Waals surface area contributed by atoms with Gasteiger partial charge in [-0.3, -0.25) is 9.59 Å². The molecule has 1 saturated heterocycles. The number of piperidine rings is 1. The van der Waals surface area contributed by atoms with Crippen LogP contribution in [0.3, 0.4) is 0 Å². The minimum atomic E-state index is -0.504. The van der Waals surface area contributed by atoms with Crippen molar-refractivity contribution in [1.29, 1.82) is 0 Å². The number of anilines is 2. The average Bonchev–Trinajstić information content (AvgIpc) is 2.68. The van der Waals surface area contributed by atoms with Gasteiger partial charge in [0, 0.05) is 34.4 Å². The third-order valence-corrected chi connectivity index (χ3v) is 5.73. The van der Waals surface area contributed by atoms with Gasteiger partial charge in [-0.2, -0.15) is 0 Å². The van der Waals surface area contributed by atoms with E-state index in [1.807, 2.05) is 30.3 Å². The summed E-state index contributed by atoms with van der Waals surface area (Å²) < 4.78 is 0. The Morgan fingerprint density at radius 1 is 1.00 bits per heavy atom. The third-order valence-electron chi connectivity index (χ3n) is 4.71. The lowest BCUT2D eigenvalue weighted by molar-refractivity contribution is 0.0996. The maximum Gasteiger partial charge on any atom is 0.255 e. The zero-order chi connectivity index (χ0) is 20.1. The number of amides is 2. The minimum Gasteiger partial charge on any atom is -0.370 e. The molecule has 6 heteroatoms. The van der Waals surface area contributed by atoms with Gasteiger partial charge in [0.2, 0.25) is 5.91 Å². The summed E-state index contributed by atoms with van der Waals surface area (Å²) in [6.45, 7) is 6.16. The molecule has 1 aliphatic rings. The van der Waals surface area contributed by atoms with Crippen molar-refractivity contribution < 1.29 is 9.59 Å². The fourth-order valence-electron chi connectivity index (χ4n) is 3.35. The summed E-state index contributed by atoms with van der Waals surface area (Å²) >= 11 is 1.76. The Hall–Kier alpha value is -2.47. The summed E-state index contributed by atoms with van der Waals surface area (Å²) in [6, 6.07) is 12.9. The van der Waals surface area contributed by atoms with Crippen LogP contribution in [-0.4, -0.2) is 30.2 Å². The molecule has 2 aromatic carbocycles. The van der Waals surface area contributed by atoms with E-state index in [1.165, 1.54) is 6.42 Å². The minimum absolute atomic E-state index is 0.194. The van der Waals surface area contributed by atoms with Crippen molar-refractivity contribution in [3.8, 4) is 0 Å². The highest BCUT2D eigenvalue weighted by Crippen LogP contribution is 2.30. The Bertz CT molecular complexity index is 843. The van der Waals surface area contributed by atoms with Gasteiger partial charge in [-0.05, 0) is 61.7 Å². The Morgan fingerprint density at radius 2 is 1.64 bits per heavy atom. The van der Waals surface area contributed by atoms with Crippen molar-refractivity contribution in [2.24, 2.45) is 5.73 Å². The molecule has 0 radical (unpaired) electrons. The van der Waals surface area contributed by atoms with Gasteiger partial charge in [-0.25, -0.2) is 0 Å². The number of carbonyl (C=O) groups excluding carboxylic acids is 2. The number of benzene rings is 2. The van der Waals surface area contributed by atoms with Crippen molar-refractivity contribution in [3.63, 3.8) is 0 Å². The van der Waals surface area contributed by atoms with Gasteiger partial charge >= 0.3 is 0 Å². The van der Waals surface area contributed by atoms with Crippen molar-refractivity contribution >= 4 is 35.0 Å². The molecule has 0 aliphatic carbocycles. The first kappa shape index (κ1) is 20.3. The zero-order valence-electron chi connectivity index (χ0n) is 16.4. The van der Waals surface area contributed by atoms with Gasteiger partial charge in [0.05, 0.1) is 11.4 Å². The monoisotopic (exact) mass is 397 g/mol. The first-order valence-electron chi connectivity index (χ1n) is 9.71. The normalized spacial score (nSPS) is 14.2. The number of hydrogen-bond donors (Lipinski definition) is 2. The molecule has 0 bridgehead atoms. The van der Waals surface area contributed by atoms with Gasteiger partial charge in [0.1, 0.15) is 0 Å².